The number of hydrogen-bond acceptors (Lipinski definition) is 5. The van der Waals surface area contributed by atoms with Gasteiger partial charge in [0.25, 0.3) is 5.91 Å². The van der Waals surface area contributed by atoms with Gasteiger partial charge in [-0.2, -0.15) is 0 Å². The minimum atomic E-state index is -3.57. The summed E-state index contributed by atoms with van der Waals surface area (Å²) in [6.45, 7) is 0.385. The predicted molar refractivity (Wildman–Crippen MR) is 112 cm³/mol. The summed E-state index contributed by atoms with van der Waals surface area (Å²) in [6, 6.07) is 11.2. The van der Waals surface area contributed by atoms with Gasteiger partial charge in [0.05, 0.1) is 22.4 Å². The summed E-state index contributed by atoms with van der Waals surface area (Å²) in [4.78, 5) is 15.0. The van der Waals surface area contributed by atoms with E-state index >= 15 is 0 Å². The zero-order valence-electron chi connectivity index (χ0n) is 16.7. The van der Waals surface area contributed by atoms with Crippen molar-refractivity contribution in [3.05, 3.63) is 53.6 Å². The number of carbonyl (C=O) groups is 1. The van der Waals surface area contributed by atoms with Crippen molar-refractivity contribution in [3.63, 3.8) is 0 Å². The molecule has 1 aliphatic rings. The Morgan fingerprint density at radius 3 is 2.28 bits per heavy atom. The average molecular weight is 438 g/mol. The smallest absolute Gasteiger partial charge is 0.260 e. The maximum Gasteiger partial charge on any atom is 0.260 e. The second-order valence-corrected chi connectivity index (χ2v) is 11.2. The zero-order chi connectivity index (χ0) is 21.6. The van der Waals surface area contributed by atoms with Crippen LogP contribution < -0.4 is 9.21 Å². The van der Waals surface area contributed by atoms with E-state index in [4.69, 9.17) is 0 Å². The molecule has 29 heavy (non-hydrogen) atoms. The van der Waals surface area contributed by atoms with Crippen LogP contribution in [-0.2, 0) is 26.5 Å². The van der Waals surface area contributed by atoms with Gasteiger partial charge in [0, 0.05) is 33.4 Å². The van der Waals surface area contributed by atoms with Crippen LogP contribution >= 0.6 is 0 Å². The van der Waals surface area contributed by atoms with E-state index in [1.165, 1.54) is 27.2 Å². The van der Waals surface area contributed by atoms with Crippen molar-refractivity contribution in [1.29, 1.82) is 0 Å². The molecule has 0 radical (unpaired) electrons. The van der Waals surface area contributed by atoms with Gasteiger partial charge in [0.15, 0.2) is 0 Å². The molecule has 0 saturated carbocycles. The third-order valence-electron chi connectivity index (χ3n) is 4.94. The summed E-state index contributed by atoms with van der Waals surface area (Å²) >= 11 is 0. The van der Waals surface area contributed by atoms with Gasteiger partial charge in [-0.05, 0) is 42.3 Å². The number of fused-ring (bicyclic) bond motifs is 1. The zero-order valence-corrected chi connectivity index (χ0v) is 18.3. The van der Waals surface area contributed by atoms with E-state index < -0.39 is 20.0 Å². The number of nitrogens with zero attached hydrogens (tertiary/aromatic N) is 3. The Labute approximate surface area is 171 Å². The fourth-order valence-corrected chi connectivity index (χ4v) is 4.68. The van der Waals surface area contributed by atoms with E-state index in [0.717, 1.165) is 20.4 Å². The highest BCUT2D eigenvalue weighted by molar-refractivity contribution is 7.92. The van der Waals surface area contributed by atoms with Crippen LogP contribution in [0.15, 0.2) is 47.4 Å². The van der Waals surface area contributed by atoms with Crippen LogP contribution in [0.5, 0.6) is 0 Å². The van der Waals surface area contributed by atoms with Crippen LogP contribution in [0, 0.1) is 0 Å². The summed E-state index contributed by atoms with van der Waals surface area (Å²) in [7, 11) is -2.77. The topological polar surface area (TPSA) is 95.1 Å². The van der Waals surface area contributed by atoms with Crippen LogP contribution in [0.25, 0.3) is 0 Å². The number of carbonyl (C=O) groups excluding carboxylic acids is 1. The first-order valence-electron chi connectivity index (χ1n) is 8.85. The number of benzene rings is 2. The predicted octanol–water partition coefficient (Wildman–Crippen LogP) is 1.54. The molecule has 3 rings (SSSR count). The molecule has 1 aliphatic heterocycles. The number of rotatable bonds is 5. The fraction of sp³-hybridized carbons (Fsp3) is 0.316. The average Bonchev–Trinajstić information content (AvgIpc) is 3.09. The Kier molecular flexibility index (Phi) is 5.46. The summed E-state index contributed by atoms with van der Waals surface area (Å²) in [5.74, 6) is -0.335. The number of para-hydroxylation sites is 1. The Morgan fingerprint density at radius 2 is 1.66 bits per heavy atom. The Morgan fingerprint density at radius 1 is 1.00 bits per heavy atom. The summed E-state index contributed by atoms with van der Waals surface area (Å²) in [6.07, 6.45) is 1.59. The second kappa shape index (κ2) is 7.43. The van der Waals surface area contributed by atoms with E-state index in [1.807, 2.05) is 0 Å². The number of sulfonamides is 2. The maximum atomic E-state index is 13.2. The van der Waals surface area contributed by atoms with Crippen molar-refractivity contribution in [3.8, 4) is 0 Å². The molecule has 1 amide bonds. The first-order chi connectivity index (χ1) is 13.4. The van der Waals surface area contributed by atoms with E-state index in [9.17, 15) is 21.6 Å². The molecule has 0 fully saturated rings. The lowest BCUT2D eigenvalue weighted by molar-refractivity contribution is 0.0990. The van der Waals surface area contributed by atoms with Crippen LogP contribution in [0.1, 0.15) is 15.9 Å². The van der Waals surface area contributed by atoms with Crippen LogP contribution in [0.4, 0.5) is 11.4 Å². The largest absolute Gasteiger partial charge is 0.308 e. The number of amides is 1. The van der Waals surface area contributed by atoms with Crippen molar-refractivity contribution in [2.24, 2.45) is 0 Å². The van der Waals surface area contributed by atoms with Crippen LogP contribution in [0.3, 0.4) is 0 Å². The lowest BCUT2D eigenvalue weighted by Crippen LogP contribution is -2.32. The first kappa shape index (κ1) is 21.3. The van der Waals surface area contributed by atoms with E-state index in [-0.39, 0.29) is 16.4 Å². The lowest BCUT2D eigenvalue weighted by Gasteiger charge is -2.23. The maximum absolute atomic E-state index is 13.2. The quantitative estimate of drug-likeness (QED) is 0.707. The van der Waals surface area contributed by atoms with Crippen LogP contribution in [-0.4, -0.2) is 61.0 Å². The second-order valence-electron chi connectivity index (χ2n) is 7.03. The molecular weight excluding hydrogens is 414 g/mol. The third kappa shape index (κ3) is 3.87. The molecule has 8 nitrogen and oxygen atoms in total. The first-order valence-corrected chi connectivity index (χ1v) is 12.1. The molecular formula is C19H23N3O5S2. The molecule has 2 aromatic rings. The normalized spacial score (nSPS) is 14.2. The van der Waals surface area contributed by atoms with E-state index in [2.05, 4.69) is 0 Å². The molecule has 0 bridgehead atoms. The molecule has 0 saturated heterocycles. The van der Waals surface area contributed by atoms with Crippen molar-refractivity contribution in [2.45, 2.75) is 11.3 Å². The highest BCUT2D eigenvalue weighted by atomic mass is 32.2. The third-order valence-corrected chi connectivity index (χ3v) is 7.94. The summed E-state index contributed by atoms with van der Waals surface area (Å²) < 4.78 is 50.9. The Bertz CT molecular complexity index is 1170. The van der Waals surface area contributed by atoms with Gasteiger partial charge in [-0.3, -0.25) is 9.10 Å². The highest BCUT2D eigenvalue weighted by Gasteiger charge is 2.30. The Balaban J connectivity index is 2.00. The van der Waals surface area contributed by atoms with Crippen molar-refractivity contribution >= 4 is 37.3 Å². The monoisotopic (exact) mass is 437 g/mol. The highest BCUT2D eigenvalue weighted by Crippen LogP contribution is 2.33. The SMILES string of the molecule is CN(c1ccccc1C(=O)N1CCc2cc(S(=O)(=O)N(C)C)ccc21)S(C)(=O)=O. The summed E-state index contributed by atoms with van der Waals surface area (Å²) in [5.41, 5.74) is 1.94. The van der Waals surface area contributed by atoms with Gasteiger partial charge in [0.2, 0.25) is 20.0 Å². The molecule has 156 valence electrons. The van der Waals surface area contributed by atoms with Gasteiger partial charge >= 0.3 is 0 Å². The minimum absolute atomic E-state index is 0.174. The van der Waals surface area contributed by atoms with Crippen LogP contribution in [0.2, 0.25) is 0 Å². The van der Waals surface area contributed by atoms with E-state index in [1.54, 1.807) is 41.3 Å². The molecule has 0 atom stereocenters. The number of anilines is 2. The molecule has 10 heteroatoms. The van der Waals surface area contributed by atoms with Gasteiger partial charge in [-0.15, -0.1) is 0 Å². The van der Waals surface area contributed by atoms with Crippen molar-refractivity contribution < 1.29 is 21.6 Å². The fourth-order valence-electron chi connectivity index (χ4n) is 3.21. The lowest BCUT2D eigenvalue weighted by atomic mass is 10.1. The van der Waals surface area contributed by atoms with Gasteiger partial charge in [-0.1, -0.05) is 12.1 Å². The molecule has 1 heterocycles. The molecule has 0 unspecified atom stereocenters. The van der Waals surface area contributed by atoms with Gasteiger partial charge in [0.1, 0.15) is 0 Å². The molecule has 0 aromatic heterocycles. The summed E-state index contributed by atoms with van der Waals surface area (Å²) in [5, 5.41) is 0. The van der Waals surface area contributed by atoms with Gasteiger partial charge < -0.3 is 4.90 Å². The minimum Gasteiger partial charge on any atom is -0.308 e. The van der Waals surface area contributed by atoms with Crippen molar-refractivity contribution in [1.82, 2.24) is 4.31 Å². The molecule has 0 N–H and O–H groups in total. The van der Waals surface area contributed by atoms with Gasteiger partial charge in [-0.25, -0.2) is 21.1 Å². The molecule has 2 aromatic carbocycles. The molecule has 0 aliphatic carbocycles. The Hall–Kier alpha value is -2.43. The molecule has 0 spiro atoms. The van der Waals surface area contributed by atoms with Crippen molar-refractivity contribution in [2.75, 3.05) is 43.1 Å². The standard InChI is InChI=1S/C19H23N3O5S2/c1-20(2)29(26,27)15-9-10-17-14(13-15)11-12-22(17)19(23)16-7-5-6-8-18(16)21(3)28(4,24)25/h5-10,13H,11-12H2,1-4H3. The van der Waals surface area contributed by atoms with E-state index in [0.29, 0.717) is 24.3 Å². The number of hydrogen-bond donors (Lipinski definition) is 0.